The SMILES string of the molecule is CCCOc1ccccc1Oc1cccc(F)c1CBr. The Labute approximate surface area is 126 Å². The van der Waals surface area contributed by atoms with Crippen LogP contribution in [0.1, 0.15) is 18.9 Å². The molecule has 0 radical (unpaired) electrons. The minimum absolute atomic E-state index is 0.286. The van der Waals surface area contributed by atoms with E-state index in [1.54, 1.807) is 12.1 Å². The van der Waals surface area contributed by atoms with E-state index in [0.717, 1.165) is 6.42 Å². The van der Waals surface area contributed by atoms with Gasteiger partial charge in [0.2, 0.25) is 0 Å². The fraction of sp³-hybridized carbons (Fsp3) is 0.250. The molecule has 0 atom stereocenters. The van der Waals surface area contributed by atoms with E-state index in [0.29, 0.717) is 34.7 Å². The molecule has 0 unspecified atom stereocenters. The third-order valence-electron chi connectivity index (χ3n) is 2.74. The van der Waals surface area contributed by atoms with Crippen molar-refractivity contribution in [3.05, 3.63) is 53.8 Å². The van der Waals surface area contributed by atoms with E-state index in [2.05, 4.69) is 15.9 Å². The first-order chi connectivity index (χ1) is 9.76. The Kier molecular flexibility index (Phi) is 5.41. The molecular formula is C16H16BrFO2. The normalized spacial score (nSPS) is 10.3. The average Bonchev–Trinajstić information content (AvgIpc) is 2.47. The van der Waals surface area contributed by atoms with Crippen molar-refractivity contribution >= 4 is 15.9 Å². The number of halogens is 2. The van der Waals surface area contributed by atoms with Gasteiger partial charge in [-0.2, -0.15) is 0 Å². The van der Waals surface area contributed by atoms with Crippen molar-refractivity contribution in [2.24, 2.45) is 0 Å². The van der Waals surface area contributed by atoms with Gasteiger partial charge in [0.05, 0.1) is 6.61 Å². The second kappa shape index (κ2) is 7.29. The largest absolute Gasteiger partial charge is 0.490 e. The first-order valence-electron chi connectivity index (χ1n) is 6.49. The zero-order valence-corrected chi connectivity index (χ0v) is 12.8. The highest BCUT2D eigenvalue weighted by Crippen LogP contribution is 2.34. The highest BCUT2D eigenvalue weighted by molar-refractivity contribution is 9.08. The summed E-state index contributed by atoms with van der Waals surface area (Å²) in [6.07, 6.45) is 0.918. The molecule has 2 rings (SSSR count). The molecule has 0 N–H and O–H groups in total. The van der Waals surface area contributed by atoms with E-state index >= 15 is 0 Å². The summed E-state index contributed by atoms with van der Waals surface area (Å²) in [5.74, 6) is 1.47. The number of hydrogen-bond donors (Lipinski definition) is 0. The summed E-state index contributed by atoms with van der Waals surface area (Å²) in [4.78, 5) is 0. The Balaban J connectivity index is 2.28. The monoisotopic (exact) mass is 338 g/mol. The molecule has 0 fully saturated rings. The van der Waals surface area contributed by atoms with Crippen LogP contribution in [-0.2, 0) is 5.33 Å². The van der Waals surface area contributed by atoms with Crippen molar-refractivity contribution in [2.45, 2.75) is 18.7 Å². The summed E-state index contributed by atoms with van der Waals surface area (Å²) in [5.41, 5.74) is 0.498. The third kappa shape index (κ3) is 3.51. The molecule has 0 aliphatic heterocycles. The van der Waals surface area contributed by atoms with E-state index in [9.17, 15) is 4.39 Å². The molecule has 0 amide bonds. The highest BCUT2D eigenvalue weighted by Gasteiger charge is 2.11. The van der Waals surface area contributed by atoms with Gasteiger partial charge in [-0.1, -0.05) is 41.1 Å². The quantitative estimate of drug-likeness (QED) is 0.665. The topological polar surface area (TPSA) is 18.5 Å². The Morgan fingerprint density at radius 2 is 1.70 bits per heavy atom. The van der Waals surface area contributed by atoms with Gasteiger partial charge in [-0.25, -0.2) is 4.39 Å². The second-order valence-electron chi connectivity index (χ2n) is 4.25. The molecule has 0 spiro atoms. The number of alkyl halides is 1. The lowest BCUT2D eigenvalue weighted by Gasteiger charge is -2.14. The predicted molar refractivity (Wildman–Crippen MR) is 81.3 cm³/mol. The molecule has 2 aromatic carbocycles. The molecule has 2 nitrogen and oxygen atoms in total. The van der Waals surface area contributed by atoms with Crippen LogP contribution in [0, 0.1) is 5.82 Å². The molecule has 20 heavy (non-hydrogen) atoms. The number of benzene rings is 2. The van der Waals surface area contributed by atoms with Crippen LogP contribution in [-0.4, -0.2) is 6.61 Å². The van der Waals surface area contributed by atoms with Crippen LogP contribution in [0.2, 0.25) is 0 Å². The highest BCUT2D eigenvalue weighted by atomic mass is 79.9. The minimum Gasteiger partial charge on any atom is -0.490 e. The van der Waals surface area contributed by atoms with Crippen LogP contribution in [0.4, 0.5) is 4.39 Å². The maximum Gasteiger partial charge on any atom is 0.169 e. The standard InChI is InChI=1S/C16H16BrFO2/c1-2-10-19-15-7-3-4-8-16(15)20-14-9-5-6-13(18)12(14)11-17/h3-9H,2,10-11H2,1H3. The fourth-order valence-corrected chi connectivity index (χ4v) is 2.29. The number of ether oxygens (including phenoxy) is 2. The molecular weight excluding hydrogens is 323 g/mol. The lowest BCUT2D eigenvalue weighted by atomic mass is 10.2. The van der Waals surface area contributed by atoms with Crippen molar-refractivity contribution < 1.29 is 13.9 Å². The molecule has 4 heteroatoms. The van der Waals surface area contributed by atoms with Crippen molar-refractivity contribution in [1.82, 2.24) is 0 Å². The first kappa shape index (κ1) is 14.9. The first-order valence-corrected chi connectivity index (χ1v) is 7.61. The molecule has 0 saturated heterocycles. The summed E-state index contributed by atoms with van der Waals surface area (Å²) in [7, 11) is 0. The van der Waals surface area contributed by atoms with Crippen molar-refractivity contribution in [1.29, 1.82) is 0 Å². The van der Waals surface area contributed by atoms with Crippen LogP contribution in [0.15, 0.2) is 42.5 Å². The summed E-state index contributed by atoms with van der Waals surface area (Å²) < 4.78 is 25.2. The van der Waals surface area contributed by atoms with E-state index in [4.69, 9.17) is 9.47 Å². The molecule has 0 aliphatic rings. The Morgan fingerprint density at radius 1 is 1.00 bits per heavy atom. The van der Waals surface area contributed by atoms with Gasteiger partial charge in [0.25, 0.3) is 0 Å². The summed E-state index contributed by atoms with van der Waals surface area (Å²) in [6.45, 7) is 2.66. The smallest absolute Gasteiger partial charge is 0.169 e. The lowest BCUT2D eigenvalue weighted by molar-refractivity contribution is 0.301. The lowest BCUT2D eigenvalue weighted by Crippen LogP contribution is -1.98. The average molecular weight is 339 g/mol. The van der Waals surface area contributed by atoms with Gasteiger partial charge in [-0.3, -0.25) is 0 Å². The van der Waals surface area contributed by atoms with Crippen LogP contribution in [0.3, 0.4) is 0 Å². The maximum absolute atomic E-state index is 13.7. The second-order valence-corrected chi connectivity index (χ2v) is 4.81. The number of para-hydroxylation sites is 2. The van der Waals surface area contributed by atoms with Crippen molar-refractivity contribution in [3.63, 3.8) is 0 Å². The summed E-state index contributed by atoms with van der Waals surface area (Å²) in [5, 5.41) is 0.396. The van der Waals surface area contributed by atoms with Crippen molar-refractivity contribution in [3.8, 4) is 17.2 Å². The molecule has 0 bridgehead atoms. The van der Waals surface area contributed by atoms with Gasteiger partial charge in [-0.15, -0.1) is 0 Å². The zero-order chi connectivity index (χ0) is 14.4. The molecule has 2 aromatic rings. The Morgan fingerprint density at radius 3 is 2.40 bits per heavy atom. The van der Waals surface area contributed by atoms with Crippen LogP contribution in [0.25, 0.3) is 0 Å². The Hall–Kier alpha value is -1.55. The van der Waals surface area contributed by atoms with Gasteiger partial charge >= 0.3 is 0 Å². The molecule has 106 valence electrons. The van der Waals surface area contributed by atoms with Gasteiger partial charge in [-0.05, 0) is 30.7 Å². The zero-order valence-electron chi connectivity index (χ0n) is 11.2. The summed E-state index contributed by atoms with van der Waals surface area (Å²) in [6, 6.07) is 12.2. The van der Waals surface area contributed by atoms with E-state index in [-0.39, 0.29) is 5.82 Å². The van der Waals surface area contributed by atoms with E-state index < -0.39 is 0 Å². The van der Waals surface area contributed by atoms with Gasteiger partial charge < -0.3 is 9.47 Å². The third-order valence-corrected chi connectivity index (χ3v) is 3.30. The van der Waals surface area contributed by atoms with Gasteiger partial charge in [0.1, 0.15) is 11.6 Å². The molecule has 0 aromatic heterocycles. The van der Waals surface area contributed by atoms with E-state index in [1.165, 1.54) is 6.07 Å². The Bertz CT molecular complexity index is 572. The number of hydrogen-bond acceptors (Lipinski definition) is 2. The van der Waals surface area contributed by atoms with E-state index in [1.807, 2.05) is 31.2 Å². The van der Waals surface area contributed by atoms with Crippen LogP contribution in [0.5, 0.6) is 17.2 Å². The number of rotatable bonds is 6. The molecule has 0 aliphatic carbocycles. The van der Waals surface area contributed by atoms with Gasteiger partial charge in [0.15, 0.2) is 11.5 Å². The fourth-order valence-electron chi connectivity index (χ4n) is 1.75. The predicted octanol–water partition coefficient (Wildman–Crippen LogP) is 5.30. The van der Waals surface area contributed by atoms with Gasteiger partial charge in [0, 0.05) is 10.9 Å². The van der Waals surface area contributed by atoms with Crippen LogP contribution < -0.4 is 9.47 Å². The molecule has 0 saturated carbocycles. The minimum atomic E-state index is -0.286. The van der Waals surface area contributed by atoms with Crippen molar-refractivity contribution in [2.75, 3.05) is 6.61 Å². The molecule has 0 heterocycles. The van der Waals surface area contributed by atoms with Crippen LogP contribution >= 0.6 is 15.9 Å². The summed E-state index contributed by atoms with van der Waals surface area (Å²) >= 11 is 3.28. The maximum atomic E-state index is 13.7.